The van der Waals surface area contributed by atoms with Gasteiger partial charge in [-0.3, -0.25) is 19.6 Å². The minimum absolute atomic E-state index is 0.0395. The smallest absolute Gasteiger partial charge is 0.267 e. The third kappa shape index (κ3) is 3.83. The highest BCUT2D eigenvalue weighted by Crippen LogP contribution is 2.28. The van der Waals surface area contributed by atoms with Gasteiger partial charge in [-0.1, -0.05) is 60.3 Å². The number of benzene rings is 3. The zero-order valence-electron chi connectivity index (χ0n) is 15.7. The number of nitrogens with two attached hydrogens (primary N) is 1. The van der Waals surface area contributed by atoms with Crippen LogP contribution >= 0.6 is 11.8 Å². The molecule has 6 nitrogen and oxygen atoms in total. The third-order valence-electron chi connectivity index (χ3n) is 4.51. The van der Waals surface area contributed by atoms with Crippen molar-refractivity contribution in [3.05, 3.63) is 89.0 Å². The highest BCUT2D eigenvalue weighted by Gasteiger charge is 2.17. The summed E-state index contributed by atoms with van der Waals surface area (Å²) in [7, 11) is 0. The molecule has 0 radical (unpaired) electrons. The van der Waals surface area contributed by atoms with Gasteiger partial charge in [0, 0.05) is 0 Å². The van der Waals surface area contributed by atoms with Crippen molar-refractivity contribution in [2.45, 2.75) is 5.16 Å². The SMILES string of the molecule is NNC(=O)CSc1nc2cccc(-c3ccccc3)c2c(=O)n1-c1cccc(F)c1. The number of hydrazine groups is 1. The van der Waals surface area contributed by atoms with Crippen molar-refractivity contribution in [3.8, 4) is 16.8 Å². The molecule has 30 heavy (non-hydrogen) atoms. The Morgan fingerprint density at radius 3 is 2.57 bits per heavy atom. The van der Waals surface area contributed by atoms with Crippen LogP contribution in [0.2, 0.25) is 0 Å². The summed E-state index contributed by atoms with van der Waals surface area (Å²) in [5.41, 5.74) is 4.12. The molecule has 0 fully saturated rings. The Labute approximate surface area is 175 Å². The minimum atomic E-state index is -0.480. The molecule has 8 heteroatoms. The summed E-state index contributed by atoms with van der Waals surface area (Å²) >= 11 is 1.05. The number of hydrogen-bond donors (Lipinski definition) is 2. The first-order chi connectivity index (χ1) is 14.6. The van der Waals surface area contributed by atoms with E-state index in [-0.39, 0.29) is 16.5 Å². The van der Waals surface area contributed by atoms with Gasteiger partial charge in [0.1, 0.15) is 5.82 Å². The maximum Gasteiger partial charge on any atom is 0.267 e. The van der Waals surface area contributed by atoms with E-state index in [1.807, 2.05) is 42.5 Å². The normalized spacial score (nSPS) is 10.9. The van der Waals surface area contributed by atoms with Crippen LogP contribution in [-0.4, -0.2) is 21.2 Å². The van der Waals surface area contributed by atoms with Gasteiger partial charge >= 0.3 is 0 Å². The molecule has 0 aliphatic rings. The maximum absolute atomic E-state index is 13.9. The maximum atomic E-state index is 13.9. The standard InChI is InChI=1S/C22H17FN4O2S/c23-15-8-4-9-16(12-15)27-21(29)20-17(14-6-2-1-3-7-14)10-5-11-18(20)25-22(27)30-13-19(28)26-24/h1-12H,13,24H2,(H,26,28). The van der Waals surface area contributed by atoms with Crippen molar-refractivity contribution in [2.24, 2.45) is 5.84 Å². The Morgan fingerprint density at radius 1 is 1.07 bits per heavy atom. The van der Waals surface area contributed by atoms with E-state index in [9.17, 15) is 14.0 Å². The molecule has 4 rings (SSSR count). The molecule has 0 aliphatic carbocycles. The molecule has 0 spiro atoms. The Kier molecular flexibility index (Phi) is 5.60. The number of thioether (sulfide) groups is 1. The van der Waals surface area contributed by atoms with E-state index in [1.165, 1.54) is 22.8 Å². The number of hydrogen-bond acceptors (Lipinski definition) is 5. The van der Waals surface area contributed by atoms with E-state index in [2.05, 4.69) is 10.4 Å². The number of amides is 1. The van der Waals surface area contributed by atoms with E-state index in [0.29, 0.717) is 16.6 Å². The fourth-order valence-corrected chi connectivity index (χ4v) is 4.00. The second-order valence-electron chi connectivity index (χ2n) is 6.44. The van der Waals surface area contributed by atoms with Crippen LogP contribution in [-0.2, 0) is 4.79 Å². The number of aromatic nitrogens is 2. The zero-order chi connectivity index (χ0) is 21.1. The molecule has 1 amide bonds. The number of nitrogens with zero attached hydrogens (tertiary/aromatic N) is 2. The summed E-state index contributed by atoms with van der Waals surface area (Å²) in [6.45, 7) is 0. The molecule has 0 saturated heterocycles. The van der Waals surface area contributed by atoms with Gasteiger partial charge in [0.05, 0.1) is 22.3 Å². The van der Waals surface area contributed by atoms with Crippen LogP contribution in [0.25, 0.3) is 27.7 Å². The van der Waals surface area contributed by atoms with E-state index in [1.54, 1.807) is 12.1 Å². The van der Waals surface area contributed by atoms with E-state index in [4.69, 9.17) is 5.84 Å². The van der Waals surface area contributed by atoms with Crippen LogP contribution in [0.15, 0.2) is 82.7 Å². The number of carbonyl (C=O) groups is 1. The molecule has 4 aromatic rings. The lowest BCUT2D eigenvalue weighted by Crippen LogP contribution is -2.32. The summed E-state index contributed by atoms with van der Waals surface area (Å²) in [6, 6.07) is 20.6. The molecule has 0 bridgehead atoms. The van der Waals surface area contributed by atoms with Crippen molar-refractivity contribution < 1.29 is 9.18 Å². The largest absolute Gasteiger partial charge is 0.294 e. The van der Waals surface area contributed by atoms with Crippen molar-refractivity contribution in [1.29, 1.82) is 0 Å². The molecule has 0 atom stereocenters. The zero-order valence-corrected chi connectivity index (χ0v) is 16.5. The molecule has 1 heterocycles. The first-order valence-electron chi connectivity index (χ1n) is 9.08. The first-order valence-corrected chi connectivity index (χ1v) is 10.1. The van der Waals surface area contributed by atoms with Crippen molar-refractivity contribution in [3.63, 3.8) is 0 Å². The highest BCUT2D eigenvalue weighted by molar-refractivity contribution is 7.99. The van der Waals surface area contributed by atoms with Gasteiger partial charge < -0.3 is 0 Å². The van der Waals surface area contributed by atoms with Gasteiger partial charge in [0.25, 0.3) is 5.56 Å². The van der Waals surface area contributed by atoms with E-state index < -0.39 is 11.7 Å². The van der Waals surface area contributed by atoms with Crippen molar-refractivity contribution in [2.75, 3.05) is 5.75 Å². The number of rotatable bonds is 5. The van der Waals surface area contributed by atoms with Gasteiger partial charge in [0.15, 0.2) is 5.16 Å². The lowest BCUT2D eigenvalue weighted by molar-refractivity contribution is -0.118. The molecule has 3 N–H and O–H groups in total. The fraction of sp³-hybridized carbons (Fsp3) is 0.0455. The van der Waals surface area contributed by atoms with Gasteiger partial charge in [-0.2, -0.15) is 0 Å². The Morgan fingerprint density at radius 2 is 1.83 bits per heavy atom. The van der Waals surface area contributed by atoms with Gasteiger partial charge in [0.2, 0.25) is 5.91 Å². The molecule has 3 aromatic carbocycles. The summed E-state index contributed by atoms with van der Waals surface area (Å²) < 4.78 is 15.2. The number of carbonyl (C=O) groups excluding carboxylic acids is 1. The summed E-state index contributed by atoms with van der Waals surface area (Å²) in [6.07, 6.45) is 0. The van der Waals surface area contributed by atoms with Crippen molar-refractivity contribution in [1.82, 2.24) is 15.0 Å². The highest BCUT2D eigenvalue weighted by atomic mass is 32.2. The summed E-state index contributed by atoms with van der Waals surface area (Å²) in [5.74, 6) is 4.22. The molecule has 0 aliphatic heterocycles. The third-order valence-corrected chi connectivity index (χ3v) is 5.45. The molecule has 0 unspecified atom stereocenters. The Balaban J connectivity index is 2.00. The minimum Gasteiger partial charge on any atom is -0.294 e. The van der Waals surface area contributed by atoms with Crippen LogP contribution in [0.1, 0.15) is 0 Å². The summed E-state index contributed by atoms with van der Waals surface area (Å²) in [5, 5.41) is 0.687. The molecular formula is C22H17FN4O2S. The van der Waals surface area contributed by atoms with Crippen LogP contribution in [0.4, 0.5) is 4.39 Å². The van der Waals surface area contributed by atoms with E-state index in [0.717, 1.165) is 22.9 Å². The fourth-order valence-electron chi connectivity index (χ4n) is 3.18. The van der Waals surface area contributed by atoms with Crippen LogP contribution in [0, 0.1) is 5.82 Å². The average molecular weight is 420 g/mol. The van der Waals surface area contributed by atoms with Gasteiger partial charge in [-0.15, -0.1) is 0 Å². The second-order valence-corrected chi connectivity index (χ2v) is 7.38. The number of fused-ring (bicyclic) bond motifs is 1. The van der Waals surface area contributed by atoms with Gasteiger partial charge in [-0.25, -0.2) is 15.2 Å². The monoisotopic (exact) mass is 420 g/mol. The molecule has 0 saturated carbocycles. The predicted molar refractivity (Wildman–Crippen MR) is 116 cm³/mol. The topological polar surface area (TPSA) is 90.0 Å². The predicted octanol–water partition coefficient (Wildman–Crippen LogP) is 3.27. The van der Waals surface area contributed by atoms with Crippen LogP contribution in [0.5, 0.6) is 0 Å². The molecule has 150 valence electrons. The second kappa shape index (κ2) is 8.48. The molecule has 1 aromatic heterocycles. The number of halogens is 1. The Bertz CT molecular complexity index is 1290. The van der Waals surface area contributed by atoms with Crippen LogP contribution in [0.3, 0.4) is 0 Å². The quantitative estimate of drug-likeness (QED) is 0.170. The first kappa shape index (κ1) is 19.8. The molecular weight excluding hydrogens is 403 g/mol. The number of nitrogens with one attached hydrogen (secondary N) is 1. The van der Waals surface area contributed by atoms with Crippen molar-refractivity contribution >= 4 is 28.6 Å². The van der Waals surface area contributed by atoms with E-state index >= 15 is 0 Å². The average Bonchev–Trinajstić information content (AvgIpc) is 2.77. The van der Waals surface area contributed by atoms with Gasteiger partial charge in [-0.05, 0) is 35.4 Å². The summed E-state index contributed by atoms with van der Waals surface area (Å²) in [4.78, 5) is 29.9. The van der Waals surface area contributed by atoms with Crippen LogP contribution < -0.4 is 16.8 Å². The lowest BCUT2D eigenvalue weighted by Gasteiger charge is -2.15. The Hall–Kier alpha value is -3.49. The lowest BCUT2D eigenvalue weighted by atomic mass is 10.0.